The normalized spacial score (nSPS) is 28.1. The highest BCUT2D eigenvalue weighted by molar-refractivity contribution is 7.47. The molecule has 0 aliphatic carbocycles. The molecule has 1 heterocycles. The number of unbranched alkanes of at least 4 members (excludes halogenated alkanes) is 11. The molecule has 1 rings (SSSR count). The van der Waals surface area contributed by atoms with Gasteiger partial charge in [-0.05, 0) is 6.42 Å². The second-order valence-electron chi connectivity index (χ2n) is 7.02. The Morgan fingerprint density at radius 3 is 1.70 bits per heavy atom. The van der Waals surface area contributed by atoms with Gasteiger partial charge in [-0.3, -0.25) is 9.05 Å². The van der Waals surface area contributed by atoms with Crippen LogP contribution in [0.3, 0.4) is 0 Å². The molecule has 0 amide bonds. The fourth-order valence-corrected chi connectivity index (χ4v) is 3.88. The van der Waals surface area contributed by atoms with E-state index in [0.717, 1.165) is 19.3 Å². The summed E-state index contributed by atoms with van der Waals surface area (Å²) in [6.07, 6.45) is 16.5. The van der Waals surface area contributed by atoms with E-state index in [0.29, 0.717) is 0 Å². The SMILES string of the molecule is CCCCCCCCCCCCCCC1(N)COP(=O)(O)OC1. The predicted molar refractivity (Wildman–Crippen MR) is 94.3 cm³/mol. The third-order valence-corrected chi connectivity index (χ3v) is 5.47. The van der Waals surface area contributed by atoms with Crippen LogP contribution in [0.4, 0.5) is 0 Å². The molecule has 1 fully saturated rings. The Morgan fingerprint density at radius 1 is 0.870 bits per heavy atom. The molecule has 0 aromatic rings. The van der Waals surface area contributed by atoms with Crippen molar-refractivity contribution in [3.05, 3.63) is 0 Å². The van der Waals surface area contributed by atoms with Crippen LogP contribution in [0.2, 0.25) is 0 Å². The van der Waals surface area contributed by atoms with Crippen LogP contribution in [0.5, 0.6) is 0 Å². The minimum Gasteiger partial charge on any atom is -0.321 e. The van der Waals surface area contributed by atoms with Gasteiger partial charge in [0.25, 0.3) is 0 Å². The highest BCUT2D eigenvalue weighted by Gasteiger charge is 2.38. The van der Waals surface area contributed by atoms with Crippen LogP contribution in [0.1, 0.15) is 90.4 Å². The Kier molecular flexibility index (Phi) is 10.6. The van der Waals surface area contributed by atoms with E-state index in [9.17, 15) is 4.57 Å². The third-order valence-electron chi connectivity index (χ3n) is 4.56. The zero-order chi connectivity index (χ0) is 17.0. The average molecular weight is 349 g/mol. The molecule has 0 unspecified atom stereocenters. The Balaban J connectivity index is 1.87. The lowest BCUT2D eigenvalue weighted by Gasteiger charge is -2.34. The van der Waals surface area contributed by atoms with Crippen molar-refractivity contribution < 1.29 is 18.5 Å². The first-order valence-electron chi connectivity index (χ1n) is 9.38. The molecule has 1 aliphatic rings. The molecule has 1 aliphatic heterocycles. The van der Waals surface area contributed by atoms with Crippen molar-refractivity contribution in [1.29, 1.82) is 0 Å². The largest absolute Gasteiger partial charge is 0.472 e. The number of hydrogen-bond acceptors (Lipinski definition) is 4. The van der Waals surface area contributed by atoms with Crippen LogP contribution >= 0.6 is 7.82 Å². The van der Waals surface area contributed by atoms with Crippen molar-refractivity contribution in [2.45, 2.75) is 95.9 Å². The lowest BCUT2D eigenvalue weighted by atomic mass is 9.94. The molecule has 0 spiro atoms. The Hall–Kier alpha value is 0.0700. The molecule has 0 saturated carbocycles. The average Bonchev–Trinajstić information content (AvgIpc) is 2.52. The first-order chi connectivity index (χ1) is 11.0. The van der Waals surface area contributed by atoms with E-state index in [4.69, 9.17) is 19.7 Å². The maximum absolute atomic E-state index is 11.2. The van der Waals surface area contributed by atoms with Crippen LogP contribution in [-0.4, -0.2) is 23.6 Å². The van der Waals surface area contributed by atoms with Gasteiger partial charge in [0.1, 0.15) is 0 Å². The zero-order valence-corrected chi connectivity index (χ0v) is 15.7. The number of hydrogen-bond donors (Lipinski definition) is 2. The van der Waals surface area contributed by atoms with Gasteiger partial charge < -0.3 is 10.6 Å². The van der Waals surface area contributed by atoms with Crippen molar-refractivity contribution >= 4 is 7.82 Å². The second-order valence-corrected chi connectivity index (χ2v) is 8.47. The van der Waals surface area contributed by atoms with Crippen molar-refractivity contribution in [3.63, 3.8) is 0 Å². The van der Waals surface area contributed by atoms with Crippen LogP contribution in [0, 0.1) is 0 Å². The molecule has 0 aromatic carbocycles. The molecule has 0 radical (unpaired) electrons. The molecule has 5 nitrogen and oxygen atoms in total. The van der Waals surface area contributed by atoms with Gasteiger partial charge in [-0.1, -0.05) is 84.0 Å². The van der Waals surface area contributed by atoms with Crippen LogP contribution in [0.25, 0.3) is 0 Å². The summed E-state index contributed by atoms with van der Waals surface area (Å²) in [5.74, 6) is 0. The van der Waals surface area contributed by atoms with Gasteiger partial charge in [0.15, 0.2) is 0 Å². The quantitative estimate of drug-likeness (QED) is 0.364. The number of phosphoric ester groups is 1. The topological polar surface area (TPSA) is 81.8 Å². The molecule has 1 saturated heterocycles. The minimum absolute atomic E-state index is 0.110. The lowest BCUT2D eigenvalue weighted by Crippen LogP contribution is -2.50. The van der Waals surface area contributed by atoms with Crippen molar-refractivity contribution in [1.82, 2.24) is 0 Å². The molecule has 138 valence electrons. The molecule has 6 heteroatoms. The maximum atomic E-state index is 11.2. The van der Waals surface area contributed by atoms with Gasteiger partial charge in [-0.15, -0.1) is 0 Å². The summed E-state index contributed by atoms with van der Waals surface area (Å²) in [6, 6.07) is 0. The Morgan fingerprint density at radius 2 is 1.26 bits per heavy atom. The summed E-state index contributed by atoms with van der Waals surface area (Å²) >= 11 is 0. The van der Waals surface area contributed by atoms with E-state index in [1.165, 1.54) is 64.2 Å². The lowest BCUT2D eigenvalue weighted by molar-refractivity contribution is 0.0359. The third kappa shape index (κ3) is 10.5. The summed E-state index contributed by atoms with van der Waals surface area (Å²) in [5, 5.41) is 0. The predicted octanol–water partition coefficient (Wildman–Crippen LogP) is 4.92. The fraction of sp³-hybridized carbons (Fsp3) is 1.00. The van der Waals surface area contributed by atoms with Crippen molar-refractivity contribution in [2.24, 2.45) is 5.73 Å². The number of phosphoric acid groups is 1. The van der Waals surface area contributed by atoms with E-state index >= 15 is 0 Å². The maximum Gasteiger partial charge on any atom is 0.472 e. The van der Waals surface area contributed by atoms with Crippen LogP contribution in [-0.2, 0) is 13.6 Å². The van der Waals surface area contributed by atoms with Crippen molar-refractivity contribution in [3.8, 4) is 0 Å². The van der Waals surface area contributed by atoms with E-state index in [1.807, 2.05) is 0 Å². The zero-order valence-electron chi connectivity index (χ0n) is 14.8. The minimum atomic E-state index is -3.82. The van der Waals surface area contributed by atoms with Gasteiger partial charge >= 0.3 is 7.82 Å². The summed E-state index contributed by atoms with van der Waals surface area (Å²) in [4.78, 5) is 9.13. The smallest absolute Gasteiger partial charge is 0.321 e. The Bertz CT molecular complexity index is 339. The molecule has 0 atom stereocenters. The van der Waals surface area contributed by atoms with E-state index < -0.39 is 13.4 Å². The Labute approximate surface area is 141 Å². The molecular formula is C17H36NO4P. The standard InChI is InChI=1S/C17H36NO4P/c1-2-3-4-5-6-7-8-9-10-11-12-13-14-17(18)15-21-23(19,20)22-16-17/h2-16,18H2,1H3,(H,19,20). The van der Waals surface area contributed by atoms with Crippen LogP contribution < -0.4 is 5.73 Å². The van der Waals surface area contributed by atoms with E-state index in [2.05, 4.69) is 6.92 Å². The molecule has 23 heavy (non-hydrogen) atoms. The highest BCUT2D eigenvalue weighted by Crippen LogP contribution is 2.47. The van der Waals surface area contributed by atoms with Crippen molar-refractivity contribution in [2.75, 3.05) is 13.2 Å². The monoisotopic (exact) mass is 349 g/mol. The first-order valence-corrected chi connectivity index (χ1v) is 10.9. The van der Waals surface area contributed by atoms with E-state index in [-0.39, 0.29) is 13.2 Å². The van der Waals surface area contributed by atoms with Crippen LogP contribution in [0.15, 0.2) is 0 Å². The molecule has 3 N–H and O–H groups in total. The molecular weight excluding hydrogens is 313 g/mol. The van der Waals surface area contributed by atoms with Gasteiger partial charge in [0, 0.05) is 0 Å². The van der Waals surface area contributed by atoms with E-state index in [1.54, 1.807) is 0 Å². The summed E-state index contributed by atoms with van der Waals surface area (Å²) in [5.41, 5.74) is 5.53. The highest BCUT2D eigenvalue weighted by atomic mass is 31.2. The van der Waals surface area contributed by atoms with Gasteiger partial charge in [0.2, 0.25) is 0 Å². The van der Waals surface area contributed by atoms with Gasteiger partial charge in [-0.25, -0.2) is 4.57 Å². The summed E-state index contributed by atoms with van der Waals surface area (Å²) < 4.78 is 20.8. The van der Waals surface area contributed by atoms with Gasteiger partial charge in [0.05, 0.1) is 18.8 Å². The first kappa shape index (κ1) is 21.1. The number of rotatable bonds is 13. The summed E-state index contributed by atoms with van der Waals surface area (Å²) in [7, 11) is -3.82. The summed E-state index contributed by atoms with van der Waals surface area (Å²) in [6.45, 7) is 2.48. The van der Waals surface area contributed by atoms with Gasteiger partial charge in [-0.2, -0.15) is 0 Å². The molecule has 0 bridgehead atoms. The fourth-order valence-electron chi connectivity index (χ4n) is 2.96. The molecule has 0 aromatic heterocycles. The number of nitrogens with two attached hydrogens (primary N) is 1. The second kappa shape index (κ2) is 11.6.